The number of nitrogens with zero attached hydrogens (tertiary/aromatic N) is 1. The van der Waals surface area contributed by atoms with Crippen molar-refractivity contribution in [3.63, 3.8) is 0 Å². The van der Waals surface area contributed by atoms with Crippen LogP contribution in [0.4, 0.5) is 4.39 Å². The molecular weight excluding hydrogens is 319 g/mol. The highest BCUT2D eigenvalue weighted by Gasteiger charge is 2.34. The molecule has 2 amide bonds. The lowest BCUT2D eigenvalue weighted by atomic mass is 9.95. The number of hydrogen-bond donors (Lipinski definition) is 1. The molecule has 1 saturated carbocycles. The lowest BCUT2D eigenvalue weighted by Crippen LogP contribution is -2.49. The first-order valence-electron chi connectivity index (χ1n) is 9.48. The average molecular weight is 346 g/mol. The van der Waals surface area contributed by atoms with E-state index < -0.39 is 0 Å². The van der Waals surface area contributed by atoms with Gasteiger partial charge in [-0.25, -0.2) is 4.39 Å². The summed E-state index contributed by atoms with van der Waals surface area (Å²) in [5, 5.41) is 3.14. The Balaban J connectivity index is 1.54. The zero-order chi connectivity index (χ0) is 17.6. The van der Waals surface area contributed by atoms with Crippen LogP contribution in [0, 0.1) is 5.82 Å². The zero-order valence-electron chi connectivity index (χ0n) is 14.7. The fourth-order valence-electron chi connectivity index (χ4n) is 3.97. The van der Waals surface area contributed by atoms with Crippen LogP contribution < -0.4 is 5.32 Å². The first-order valence-corrected chi connectivity index (χ1v) is 9.48. The van der Waals surface area contributed by atoms with Crippen molar-refractivity contribution in [1.82, 2.24) is 10.2 Å². The van der Waals surface area contributed by atoms with Crippen LogP contribution in [0.5, 0.6) is 0 Å². The Morgan fingerprint density at radius 2 is 1.84 bits per heavy atom. The second-order valence-electron chi connectivity index (χ2n) is 7.18. The molecule has 3 rings (SSSR count). The number of rotatable bonds is 5. The van der Waals surface area contributed by atoms with Gasteiger partial charge in [-0.1, -0.05) is 37.5 Å². The Morgan fingerprint density at radius 1 is 1.08 bits per heavy atom. The van der Waals surface area contributed by atoms with Crippen LogP contribution in [-0.4, -0.2) is 35.3 Å². The first kappa shape index (κ1) is 17.9. The van der Waals surface area contributed by atoms with E-state index in [-0.39, 0.29) is 36.1 Å². The van der Waals surface area contributed by atoms with E-state index in [0.717, 1.165) is 25.7 Å². The van der Waals surface area contributed by atoms with Crippen LogP contribution in [0.2, 0.25) is 0 Å². The van der Waals surface area contributed by atoms with Crippen LogP contribution in [0.25, 0.3) is 0 Å². The van der Waals surface area contributed by atoms with Crippen LogP contribution >= 0.6 is 0 Å². The molecule has 5 heteroatoms. The number of nitrogens with one attached hydrogen (secondary N) is 1. The molecule has 1 aliphatic heterocycles. The molecular formula is C20H27FN2O2. The second kappa shape index (κ2) is 8.45. The smallest absolute Gasteiger partial charge is 0.243 e. The largest absolute Gasteiger partial charge is 0.352 e. The van der Waals surface area contributed by atoms with Gasteiger partial charge in [0.15, 0.2) is 0 Å². The highest BCUT2D eigenvalue weighted by molar-refractivity contribution is 5.88. The van der Waals surface area contributed by atoms with E-state index >= 15 is 0 Å². The summed E-state index contributed by atoms with van der Waals surface area (Å²) in [7, 11) is 0. The number of benzene rings is 1. The van der Waals surface area contributed by atoms with E-state index in [9.17, 15) is 14.0 Å². The van der Waals surface area contributed by atoms with Gasteiger partial charge in [-0.15, -0.1) is 0 Å². The standard InChI is InChI=1S/C20H27FN2O2/c21-17-10-5-4-7-15(17)12-13-19(24)23-14-6-11-18(23)20(25)22-16-8-2-1-3-9-16/h4-5,7,10,16,18H,1-3,6,8-9,11-14H2,(H,22,25). The van der Waals surface area contributed by atoms with Gasteiger partial charge in [0.05, 0.1) is 0 Å². The van der Waals surface area contributed by atoms with Gasteiger partial charge >= 0.3 is 0 Å². The highest BCUT2D eigenvalue weighted by Crippen LogP contribution is 2.22. The molecule has 0 radical (unpaired) electrons. The number of hydrogen-bond acceptors (Lipinski definition) is 2. The Bertz CT molecular complexity index is 613. The van der Waals surface area contributed by atoms with E-state index in [0.29, 0.717) is 18.5 Å². The lowest BCUT2D eigenvalue weighted by Gasteiger charge is -2.28. The maximum Gasteiger partial charge on any atom is 0.243 e. The predicted molar refractivity (Wildman–Crippen MR) is 94.5 cm³/mol. The fourth-order valence-corrected chi connectivity index (χ4v) is 3.97. The molecule has 136 valence electrons. The molecule has 2 fully saturated rings. The number of likely N-dealkylation sites (tertiary alicyclic amines) is 1. The molecule has 1 N–H and O–H groups in total. The van der Waals surface area contributed by atoms with Gasteiger partial charge < -0.3 is 10.2 Å². The third-order valence-electron chi connectivity index (χ3n) is 5.39. The third-order valence-corrected chi connectivity index (χ3v) is 5.39. The Morgan fingerprint density at radius 3 is 2.60 bits per heavy atom. The van der Waals surface area contributed by atoms with Crippen molar-refractivity contribution in [3.8, 4) is 0 Å². The van der Waals surface area contributed by atoms with Crippen molar-refractivity contribution in [2.75, 3.05) is 6.54 Å². The van der Waals surface area contributed by atoms with Crippen molar-refractivity contribution < 1.29 is 14.0 Å². The maximum atomic E-state index is 13.7. The molecule has 2 aliphatic rings. The van der Waals surface area contributed by atoms with Crippen LogP contribution in [-0.2, 0) is 16.0 Å². The van der Waals surface area contributed by atoms with Crippen LogP contribution in [0.1, 0.15) is 56.9 Å². The number of carbonyl (C=O) groups excluding carboxylic acids is 2. The van der Waals surface area contributed by atoms with Crippen LogP contribution in [0.3, 0.4) is 0 Å². The molecule has 4 nitrogen and oxygen atoms in total. The summed E-state index contributed by atoms with van der Waals surface area (Å²) >= 11 is 0. The molecule has 1 aromatic carbocycles. The van der Waals surface area contributed by atoms with Gasteiger partial charge in [0.25, 0.3) is 0 Å². The summed E-state index contributed by atoms with van der Waals surface area (Å²) in [5.74, 6) is -0.337. The molecule has 1 saturated heterocycles. The maximum absolute atomic E-state index is 13.7. The van der Waals surface area contributed by atoms with Crippen molar-refractivity contribution >= 4 is 11.8 Å². The average Bonchev–Trinajstić information content (AvgIpc) is 3.12. The van der Waals surface area contributed by atoms with Crippen molar-refractivity contribution in [2.45, 2.75) is 69.9 Å². The van der Waals surface area contributed by atoms with E-state index in [2.05, 4.69) is 5.32 Å². The summed E-state index contributed by atoms with van der Waals surface area (Å²) < 4.78 is 13.7. The minimum absolute atomic E-state index is 0.0105. The van der Waals surface area contributed by atoms with Gasteiger partial charge in [0, 0.05) is 19.0 Å². The summed E-state index contributed by atoms with van der Waals surface area (Å²) in [6.45, 7) is 0.624. The molecule has 1 aromatic rings. The topological polar surface area (TPSA) is 49.4 Å². The number of aryl methyl sites for hydroxylation is 1. The van der Waals surface area contributed by atoms with Crippen LogP contribution in [0.15, 0.2) is 24.3 Å². The SMILES string of the molecule is O=C(NC1CCCCC1)C1CCCN1C(=O)CCc1ccccc1F. The molecule has 0 aromatic heterocycles. The van der Waals surface area contributed by atoms with Gasteiger partial charge in [-0.05, 0) is 43.7 Å². The number of amides is 2. The third kappa shape index (κ3) is 4.59. The molecule has 1 aliphatic carbocycles. The Hall–Kier alpha value is -1.91. The number of carbonyl (C=O) groups is 2. The van der Waals surface area contributed by atoms with Gasteiger partial charge in [0.1, 0.15) is 11.9 Å². The van der Waals surface area contributed by atoms with Crippen molar-refractivity contribution in [2.24, 2.45) is 0 Å². The summed E-state index contributed by atoms with van der Waals surface area (Å²) in [5.41, 5.74) is 0.554. The van der Waals surface area contributed by atoms with E-state index in [4.69, 9.17) is 0 Å². The summed E-state index contributed by atoms with van der Waals surface area (Å²) in [6, 6.07) is 6.45. The monoisotopic (exact) mass is 346 g/mol. The minimum atomic E-state index is -0.352. The van der Waals surface area contributed by atoms with E-state index in [1.165, 1.54) is 25.3 Å². The fraction of sp³-hybridized carbons (Fsp3) is 0.600. The van der Waals surface area contributed by atoms with E-state index in [1.807, 2.05) is 0 Å². The predicted octanol–water partition coefficient (Wildman–Crippen LogP) is 3.20. The van der Waals surface area contributed by atoms with Gasteiger partial charge in [0.2, 0.25) is 11.8 Å². The number of halogens is 1. The lowest BCUT2D eigenvalue weighted by molar-refractivity contribution is -0.138. The minimum Gasteiger partial charge on any atom is -0.352 e. The summed E-state index contributed by atoms with van der Waals surface area (Å²) in [4.78, 5) is 26.8. The zero-order valence-corrected chi connectivity index (χ0v) is 14.7. The molecule has 1 unspecified atom stereocenters. The Labute approximate surface area is 148 Å². The van der Waals surface area contributed by atoms with Crippen molar-refractivity contribution in [3.05, 3.63) is 35.6 Å². The molecule has 0 bridgehead atoms. The normalized spacial score (nSPS) is 21.3. The highest BCUT2D eigenvalue weighted by atomic mass is 19.1. The van der Waals surface area contributed by atoms with Gasteiger partial charge in [-0.2, -0.15) is 0 Å². The molecule has 1 heterocycles. The van der Waals surface area contributed by atoms with Gasteiger partial charge in [-0.3, -0.25) is 9.59 Å². The summed E-state index contributed by atoms with van der Waals surface area (Å²) in [6.07, 6.45) is 7.86. The van der Waals surface area contributed by atoms with E-state index in [1.54, 1.807) is 23.1 Å². The molecule has 1 atom stereocenters. The van der Waals surface area contributed by atoms with Crippen molar-refractivity contribution in [1.29, 1.82) is 0 Å². The molecule has 25 heavy (non-hydrogen) atoms. The second-order valence-corrected chi connectivity index (χ2v) is 7.18. The first-order chi connectivity index (χ1) is 12.1. The molecule has 0 spiro atoms. The quantitative estimate of drug-likeness (QED) is 0.890. The Kier molecular flexibility index (Phi) is 6.05.